The molecule has 1 atom stereocenters. The van der Waals surface area contributed by atoms with E-state index in [1.54, 1.807) is 0 Å². The third-order valence-electron chi connectivity index (χ3n) is 3.60. The van der Waals surface area contributed by atoms with E-state index in [0.29, 0.717) is 6.04 Å². The number of rotatable bonds is 4. The monoisotopic (exact) mass is 247 g/mol. The first-order valence-electron chi connectivity index (χ1n) is 6.75. The number of terminal acetylenes is 1. The van der Waals surface area contributed by atoms with Gasteiger partial charge in [0.25, 0.3) is 0 Å². The Morgan fingerprint density at radius 1 is 1.05 bits per heavy atom. The van der Waals surface area contributed by atoms with Crippen molar-refractivity contribution in [1.29, 1.82) is 0 Å². The highest BCUT2D eigenvalue weighted by Crippen LogP contribution is 2.42. The molecule has 2 aromatic carbocycles. The topological polar surface area (TPSA) is 12.0 Å². The molecular weight excluding hydrogens is 230 g/mol. The van der Waals surface area contributed by atoms with Crippen LogP contribution in [-0.4, -0.2) is 0 Å². The predicted octanol–water partition coefficient (Wildman–Crippen LogP) is 4.23. The van der Waals surface area contributed by atoms with E-state index < -0.39 is 0 Å². The SMILES string of the molecule is C#Cc1cccc(NC(c2ccccc2)C2CC2)c1. The van der Waals surface area contributed by atoms with E-state index in [4.69, 9.17) is 6.42 Å². The summed E-state index contributed by atoms with van der Waals surface area (Å²) in [6.07, 6.45) is 8.07. The Morgan fingerprint density at radius 2 is 1.84 bits per heavy atom. The molecule has 19 heavy (non-hydrogen) atoms. The van der Waals surface area contributed by atoms with Gasteiger partial charge in [-0.25, -0.2) is 0 Å². The van der Waals surface area contributed by atoms with Crippen LogP contribution in [0.1, 0.15) is 30.0 Å². The summed E-state index contributed by atoms with van der Waals surface area (Å²) in [6, 6.07) is 19.1. The summed E-state index contributed by atoms with van der Waals surface area (Å²) in [5.74, 6) is 3.43. The molecule has 1 aliphatic rings. The van der Waals surface area contributed by atoms with Crippen LogP contribution in [0.2, 0.25) is 0 Å². The van der Waals surface area contributed by atoms with Crippen molar-refractivity contribution in [3.8, 4) is 12.3 Å². The molecule has 2 aromatic rings. The molecule has 94 valence electrons. The molecule has 0 spiro atoms. The Morgan fingerprint density at radius 3 is 2.53 bits per heavy atom. The van der Waals surface area contributed by atoms with Gasteiger partial charge >= 0.3 is 0 Å². The van der Waals surface area contributed by atoms with Crippen LogP contribution in [0.4, 0.5) is 5.69 Å². The highest BCUT2D eigenvalue weighted by Gasteiger charge is 2.32. The molecule has 0 amide bonds. The Hall–Kier alpha value is -2.20. The molecule has 1 saturated carbocycles. The molecule has 0 bridgehead atoms. The van der Waals surface area contributed by atoms with E-state index in [1.165, 1.54) is 18.4 Å². The number of hydrogen-bond donors (Lipinski definition) is 1. The smallest absolute Gasteiger partial charge is 0.0542 e. The van der Waals surface area contributed by atoms with Gasteiger partial charge in [-0.2, -0.15) is 0 Å². The molecule has 1 N–H and O–H groups in total. The third kappa shape index (κ3) is 2.80. The third-order valence-corrected chi connectivity index (χ3v) is 3.60. The maximum absolute atomic E-state index is 5.46. The Kier molecular flexibility index (Phi) is 3.25. The van der Waals surface area contributed by atoms with Crippen LogP contribution in [0.3, 0.4) is 0 Å². The van der Waals surface area contributed by atoms with Gasteiger partial charge in [0, 0.05) is 11.3 Å². The zero-order valence-corrected chi connectivity index (χ0v) is 10.8. The molecule has 0 radical (unpaired) electrons. The fourth-order valence-electron chi connectivity index (χ4n) is 2.44. The van der Waals surface area contributed by atoms with Crippen LogP contribution in [0.25, 0.3) is 0 Å². The average molecular weight is 247 g/mol. The molecular formula is C18H17N. The highest BCUT2D eigenvalue weighted by molar-refractivity contribution is 5.51. The van der Waals surface area contributed by atoms with Crippen molar-refractivity contribution < 1.29 is 0 Å². The van der Waals surface area contributed by atoms with Gasteiger partial charge in [0.1, 0.15) is 0 Å². The summed E-state index contributed by atoms with van der Waals surface area (Å²) in [6.45, 7) is 0. The zero-order valence-electron chi connectivity index (χ0n) is 10.8. The van der Waals surface area contributed by atoms with E-state index in [-0.39, 0.29) is 0 Å². The lowest BCUT2D eigenvalue weighted by Crippen LogP contribution is -2.12. The fourth-order valence-corrected chi connectivity index (χ4v) is 2.44. The summed E-state index contributed by atoms with van der Waals surface area (Å²) < 4.78 is 0. The van der Waals surface area contributed by atoms with E-state index in [0.717, 1.165) is 17.2 Å². The number of nitrogens with one attached hydrogen (secondary N) is 1. The second-order valence-electron chi connectivity index (χ2n) is 5.10. The van der Waals surface area contributed by atoms with Gasteiger partial charge in [-0.05, 0) is 42.5 Å². The molecule has 1 fully saturated rings. The van der Waals surface area contributed by atoms with Gasteiger partial charge in [-0.15, -0.1) is 6.42 Å². The molecule has 3 rings (SSSR count). The van der Waals surface area contributed by atoms with Crippen molar-refractivity contribution >= 4 is 5.69 Å². The molecule has 0 aliphatic heterocycles. The van der Waals surface area contributed by atoms with E-state index in [9.17, 15) is 0 Å². The standard InChI is InChI=1S/C18H17N/c1-2-14-7-6-10-17(13-14)19-18(16-11-12-16)15-8-4-3-5-9-15/h1,3-10,13,16,18-19H,11-12H2. The summed E-state index contributed by atoms with van der Waals surface area (Å²) in [5.41, 5.74) is 3.39. The minimum atomic E-state index is 0.397. The molecule has 0 aromatic heterocycles. The number of hydrogen-bond acceptors (Lipinski definition) is 1. The normalized spacial score (nSPS) is 15.5. The Bertz CT molecular complexity index is 591. The quantitative estimate of drug-likeness (QED) is 0.797. The van der Waals surface area contributed by atoms with Crippen molar-refractivity contribution in [2.45, 2.75) is 18.9 Å². The Balaban J connectivity index is 1.84. The molecule has 0 saturated heterocycles. The minimum absolute atomic E-state index is 0.397. The number of anilines is 1. The lowest BCUT2D eigenvalue weighted by Gasteiger charge is -2.20. The average Bonchev–Trinajstić information content (AvgIpc) is 3.30. The van der Waals surface area contributed by atoms with Crippen LogP contribution in [0.15, 0.2) is 54.6 Å². The lowest BCUT2D eigenvalue weighted by atomic mass is 10.0. The first kappa shape index (κ1) is 11.9. The summed E-state index contributed by atoms with van der Waals surface area (Å²) >= 11 is 0. The lowest BCUT2D eigenvalue weighted by molar-refractivity contribution is 0.679. The fraction of sp³-hybridized carbons (Fsp3) is 0.222. The largest absolute Gasteiger partial charge is 0.378 e. The summed E-state index contributed by atoms with van der Waals surface area (Å²) in [4.78, 5) is 0. The van der Waals surface area contributed by atoms with Gasteiger partial charge in [-0.3, -0.25) is 0 Å². The molecule has 0 heterocycles. The van der Waals surface area contributed by atoms with Crippen LogP contribution < -0.4 is 5.32 Å². The van der Waals surface area contributed by atoms with Crippen molar-refractivity contribution in [1.82, 2.24) is 0 Å². The number of benzene rings is 2. The van der Waals surface area contributed by atoms with Gasteiger partial charge in [0.15, 0.2) is 0 Å². The van der Waals surface area contributed by atoms with E-state index in [1.807, 2.05) is 18.2 Å². The minimum Gasteiger partial charge on any atom is -0.378 e. The first-order valence-corrected chi connectivity index (χ1v) is 6.75. The molecule has 1 unspecified atom stereocenters. The van der Waals surface area contributed by atoms with Crippen LogP contribution in [0, 0.1) is 18.3 Å². The van der Waals surface area contributed by atoms with Gasteiger partial charge < -0.3 is 5.32 Å². The second kappa shape index (κ2) is 5.20. The highest BCUT2D eigenvalue weighted by atomic mass is 14.9. The van der Waals surface area contributed by atoms with Gasteiger partial charge in [-0.1, -0.05) is 42.3 Å². The van der Waals surface area contributed by atoms with Crippen molar-refractivity contribution in [3.05, 3.63) is 65.7 Å². The predicted molar refractivity (Wildman–Crippen MR) is 79.9 cm³/mol. The van der Waals surface area contributed by atoms with Crippen LogP contribution >= 0.6 is 0 Å². The van der Waals surface area contributed by atoms with E-state index >= 15 is 0 Å². The van der Waals surface area contributed by atoms with Crippen LogP contribution in [-0.2, 0) is 0 Å². The molecule has 1 heteroatoms. The first-order chi connectivity index (χ1) is 9.36. The summed E-state index contributed by atoms with van der Waals surface area (Å²) in [5, 5.41) is 3.64. The maximum Gasteiger partial charge on any atom is 0.0542 e. The van der Waals surface area contributed by atoms with Gasteiger partial charge in [0.05, 0.1) is 6.04 Å². The van der Waals surface area contributed by atoms with Crippen molar-refractivity contribution in [3.63, 3.8) is 0 Å². The molecule has 1 aliphatic carbocycles. The summed E-state index contributed by atoms with van der Waals surface area (Å²) in [7, 11) is 0. The van der Waals surface area contributed by atoms with Crippen LogP contribution in [0.5, 0.6) is 0 Å². The second-order valence-corrected chi connectivity index (χ2v) is 5.10. The maximum atomic E-state index is 5.46. The van der Waals surface area contributed by atoms with E-state index in [2.05, 4.69) is 47.6 Å². The Labute approximate surface area is 114 Å². The molecule has 1 nitrogen and oxygen atoms in total. The van der Waals surface area contributed by atoms with Crippen molar-refractivity contribution in [2.75, 3.05) is 5.32 Å². The van der Waals surface area contributed by atoms with Crippen molar-refractivity contribution in [2.24, 2.45) is 5.92 Å². The van der Waals surface area contributed by atoms with Gasteiger partial charge in [0.2, 0.25) is 0 Å². The zero-order chi connectivity index (χ0) is 13.1.